The summed E-state index contributed by atoms with van der Waals surface area (Å²) in [5, 5.41) is 13.4. The average molecular weight is 328 g/mol. The predicted molar refractivity (Wildman–Crippen MR) is 88.4 cm³/mol. The highest BCUT2D eigenvalue weighted by atomic mass is 16.6. The number of carbonyl (C=O) groups excluding carboxylic acids is 2. The molecule has 0 unspecified atom stereocenters. The Morgan fingerprint density at radius 3 is 2.54 bits per heavy atom. The molecule has 1 N–H and O–H groups in total. The monoisotopic (exact) mass is 328 g/mol. The summed E-state index contributed by atoms with van der Waals surface area (Å²) in [4.78, 5) is 32.9. The van der Waals surface area contributed by atoms with E-state index in [1.54, 1.807) is 12.1 Å². The van der Waals surface area contributed by atoms with Crippen molar-refractivity contribution in [1.82, 2.24) is 0 Å². The van der Waals surface area contributed by atoms with E-state index >= 15 is 0 Å². The molecule has 0 aromatic heterocycles. The van der Waals surface area contributed by atoms with Gasteiger partial charge in [0.2, 0.25) is 0 Å². The maximum absolute atomic E-state index is 11.9. The van der Waals surface area contributed by atoms with E-state index < -0.39 is 10.8 Å². The molecule has 7 heteroatoms. The second-order valence-corrected chi connectivity index (χ2v) is 4.98. The summed E-state index contributed by atoms with van der Waals surface area (Å²) in [7, 11) is 0. The Bertz CT molecular complexity index is 756. The van der Waals surface area contributed by atoms with Crippen molar-refractivity contribution in [3.05, 3.63) is 63.7 Å². The molecule has 0 atom stereocenters. The number of nitro groups is 1. The number of carbonyl (C=O) groups is 2. The van der Waals surface area contributed by atoms with E-state index in [1.165, 1.54) is 12.1 Å². The Kier molecular flexibility index (Phi) is 5.62. The van der Waals surface area contributed by atoms with Crippen molar-refractivity contribution >= 4 is 23.6 Å². The van der Waals surface area contributed by atoms with Crippen molar-refractivity contribution in [2.75, 3.05) is 11.9 Å². The molecule has 0 aliphatic heterocycles. The van der Waals surface area contributed by atoms with E-state index in [0.29, 0.717) is 12.0 Å². The molecule has 0 saturated heterocycles. The molecule has 0 saturated carbocycles. The van der Waals surface area contributed by atoms with Gasteiger partial charge in [-0.3, -0.25) is 19.7 Å². The molecule has 2 aromatic carbocycles. The average Bonchev–Trinajstić information content (AvgIpc) is 2.60. The van der Waals surface area contributed by atoms with Gasteiger partial charge in [0.1, 0.15) is 5.75 Å². The smallest absolute Gasteiger partial charge is 0.270 e. The lowest BCUT2D eigenvalue weighted by molar-refractivity contribution is -0.384. The number of amides is 1. The van der Waals surface area contributed by atoms with Crippen LogP contribution >= 0.6 is 0 Å². The minimum Gasteiger partial charge on any atom is -0.483 e. The Morgan fingerprint density at radius 2 is 1.96 bits per heavy atom. The first-order chi connectivity index (χ1) is 11.5. The Labute approximate surface area is 138 Å². The van der Waals surface area contributed by atoms with E-state index in [0.717, 1.165) is 18.1 Å². The van der Waals surface area contributed by atoms with Gasteiger partial charge in [-0.1, -0.05) is 19.1 Å². The minimum absolute atomic E-state index is 0.0179. The summed E-state index contributed by atoms with van der Waals surface area (Å²) in [6.07, 6.45) is 1.36. The summed E-state index contributed by atoms with van der Waals surface area (Å²) in [5.74, 6) is -0.276. The minimum atomic E-state index is -0.608. The molecular weight excluding hydrogens is 312 g/mol. The SMILES string of the molecule is CCc1ccc(NC(=O)COc2ccc([N+](=O)[O-])cc2C=O)cc1. The van der Waals surface area contributed by atoms with Crippen LogP contribution in [0.4, 0.5) is 11.4 Å². The highest BCUT2D eigenvalue weighted by molar-refractivity contribution is 5.92. The topological polar surface area (TPSA) is 98.5 Å². The molecule has 7 nitrogen and oxygen atoms in total. The second-order valence-electron chi connectivity index (χ2n) is 4.98. The second kappa shape index (κ2) is 7.87. The standard InChI is InChI=1S/C17H16N2O5/c1-2-12-3-5-14(6-4-12)18-17(21)11-24-16-8-7-15(19(22)23)9-13(16)10-20/h3-10H,2,11H2,1H3,(H,18,21). The van der Waals surface area contributed by atoms with Gasteiger partial charge < -0.3 is 10.1 Å². The number of anilines is 1. The normalized spacial score (nSPS) is 10.0. The quantitative estimate of drug-likeness (QED) is 0.478. The van der Waals surface area contributed by atoms with E-state index in [2.05, 4.69) is 5.32 Å². The van der Waals surface area contributed by atoms with Crippen molar-refractivity contribution < 1.29 is 19.2 Å². The Hall–Kier alpha value is -3.22. The number of hydrogen-bond acceptors (Lipinski definition) is 5. The Balaban J connectivity index is 1.98. The van der Waals surface area contributed by atoms with Gasteiger partial charge in [-0.15, -0.1) is 0 Å². The molecule has 124 valence electrons. The van der Waals surface area contributed by atoms with Crippen LogP contribution in [0.2, 0.25) is 0 Å². The molecule has 0 fully saturated rings. The van der Waals surface area contributed by atoms with Crippen molar-refractivity contribution in [2.24, 2.45) is 0 Å². The van der Waals surface area contributed by atoms with Gasteiger partial charge in [-0.25, -0.2) is 0 Å². The molecule has 0 radical (unpaired) electrons. The van der Waals surface area contributed by atoms with Crippen LogP contribution in [-0.4, -0.2) is 23.7 Å². The summed E-state index contributed by atoms with van der Waals surface area (Å²) in [6, 6.07) is 11.0. The zero-order chi connectivity index (χ0) is 17.5. The van der Waals surface area contributed by atoms with Crippen LogP contribution in [0, 0.1) is 10.1 Å². The molecule has 0 aliphatic carbocycles. The van der Waals surface area contributed by atoms with Gasteiger partial charge in [0.15, 0.2) is 12.9 Å². The van der Waals surface area contributed by atoms with Gasteiger partial charge in [0, 0.05) is 17.8 Å². The number of aldehydes is 1. The van der Waals surface area contributed by atoms with Crippen molar-refractivity contribution in [3.63, 3.8) is 0 Å². The zero-order valence-electron chi connectivity index (χ0n) is 13.0. The van der Waals surface area contributed by atoms with Crippen LogP contribution in [-0.2, 0) is 11.2 Å². The van der Waals surface area contributed by atoms with Crippen LogP contribution in [0.5, 0.6) is 5.75 Å². The third-order valence-corrected chi connectivity index (χ3v) is 3.34. The summed E-state index contributed by atoms with van der Waals surface area (Å²) < 4.78 is 5.28. The summed E-state index contributed by atoms with van der Waals surface area (Å²) in [5.41, 5.74) is 1.60. The molecule has 24 heavy (non-hydrogen) atoms. The summed E-state index contributed by atoms with van der Waals surface area (Å²) in [6.45, 7) is 1.73. The fourth-order valence-electron chi connectivity index (χ4n) is 2.04. The lowest BCUT2D eigenvalue weighted by atomic mass is 10.1. The Morgan fingerprint density at radius 1 is 1.25 bits per heavy atom. The number of rotatable bonds is 7. The lowest BCUT2D eigenvalue weighted by Gasteiger charge is -2.09. The van der Waals surface area contributed by atoms with Gasteiger partial charge in [0.05, 0.1) is 10.5 Å². The van der Waals surface area contributed by atoms with E-state index in [4.69, 9.17) is 4.74 Å². The molecule has 0 heterocycles. The number of benzene rings is 2. The van der Waals surface area contributed by atoms with Crippen LogP contribution in [0.15, 0.2) is 42.5 Å². The number of nitrogens with zero attached hydrogens (tertiary/aromatic N) is 1. The highest BCUT2D eigenvalue weighted by Gasteiger charge is 2.12. The molecule has 0 aliphatic rings. The number of ether oxygens (including phenoxy) is 1. The first-order valence-electron chi connectivity index (χ1n) is 7.28. The van der Waals surface area contributed by atoms with Crippen molar-refractivity contribution in [2.45, 2.75) is 13.3 Å². The van der Waals surface area contributed by atoms with E-state index in [1.807, 2.05) is 19.1 Å². The fraction of sp³-hybridized carbons (Fsp3) is 0.176. The number of aryl methyl sites for hydroxylation is 1. The molecule has 2 rings (SSSR count). The highest BCUT2D eigenvalue weighted by Crippen LogP contribution is 2.22. The number of nitrogens with one attached hydrogen (secondary N) is 1. The van der Waals surface area contributed by atoms with Crippen LogP contribution < -0.4 is 10.1 Å². The molecule has 2 aromatic rings. The summed E-state index contributed by atoms with van der Waals surface area (Å²) >= 11 is 0. The van der Waals surface area contributed by atoms with Crippen LogP contribution in [0.25, 0.3) is 0 Å². The van der Waals surface area contributed by atoms with Gasteiger partial charge in [-0.2, -0.15) is 0 Å². The fourth-order valence-corrected chi connectivity index (χ4v) is 2.04. The third-order valence-electron chi connectivity index (χ3n) is 3.34. The third kappa shape index (κ3) is 4.39. The predicted octanol–water partition coefficient (Wildman–Crippen LogP) is 2.99. The molecule has 1 amide bonds. The lowest BCUT2D eigenvalue weighted by Crippen LogP contribution is -2.20. The van der Waals surface area contributed by atoms with Crippen molar-refractivity contribution in [1.29, 1.82) is 0 Å². The largest absolute Gasteiger partial charge is 0.483 e. The van der Waals surface area contributed by atoms with Crippen molar-refractivity contribution in [3.8, 4) is 5.75 Å². The number of hydrogen-bond donors (Lipinski definition) is 1. The van der Waals surface area contributed by atoms with E-state index in [-0.39, 0.29) is 23.6 Å². The molecular formula is C17H16N2O5. The van der Waals surface area contributed by atoms with E-state index in [9.17, 15) is 19.7 Å². The van der Waals surface area contributed by atoms with Crippen LogP contribution in [0.1, 0.15) is 22.8 Å². The van der Waals surface area contributed by atoms with Gasteiger partial charge in [-0.05, 0) is 30.2 Å². The zero-order valence-corrected chi connectivity index (χ0v) is 13.0. The molecule has 0 bridgehead atoms. The number of non-ortho nitro benzene ring substituents is 1. The number of nitro benzene ring substituents is 1. The van der Waals surface area contributed by atoms with Gasteiger partial charge >= 0.3 is 0 Å². The maximum Gasteiger partial charge on any atom is 0.270 e. The van der Waals surface area contributed by atoms with Crippen LogP contribution in [0.3, 0.4) is 0 Å². The van der Waals surface area contributed by atoms with Gasteiger partial charge in [0.25, 0.3) is 11.6 Å². The first kappa shape index (κ1) is 17.1. The first-order valence-corrected chi connectivity index (χ1v) is 7.28. The molecule has 0 spiro atoms. The maximum atomic E-state index is 11.9.